The lowest BCUT2D eigenvalue weighted by atomic mass is 9.84. The molecule has 25 heavy (non-hydrogen) atoms. The summed E-state index contributed by atoms with van der Waals surface area (Å²) in [6.07, 6.45) is 2.56. The van der Waals surface area contributed by atoms with Crippen LogP contribution in [0.5, 0.6) is 0 Å². The van der Waals surface area contributed by atoms with Crippen LogP contribution in [0.3, 0.4) is 0 Å². The minimum atomic E-state index is -0.923. The highest BCUT2D eigenvalue weighted by Crippen LogP contribution is 2.34. The van der Waals surface area contributed by atoms with Crippen LogP contribution in [0.25, 0.3) is 0 Å². The van der Waals surface area contributed by atoms with E-state index in [0.717, 1.165) is 18.4 Å². The predicted molar refractivity (Wildman–Crippen MR) is 95.0 cm³/mol. The molecule has 2 aliphatic heterocycles. The third-order valence-electron chi connectivity index (χ3n) is 5.37. The quantitative estimate of drug-likeness (QED) is 0.839. The molecule has 0 aromatic heterocycles. The Kier molecular flexibility index (Phi) is 5.20. The fourth-order valence-electron chi connectivity index (χ4n) is 3.78. The van der Waals surface area contributed by atoms with E-state index in [9.17, 15) is 14.7 Å². The zero-order valence-corrected chi connectivity index (χ0v) is 14.9. The Labute approximate surface area is 152 Å². The van der Waals surface area contributed by atoms with Crippen molar-refractivity contribution in [3.63, 3.8) is 0 Å². The topological polar surface area (TPSA) is 86.9 Å². The second-order valence-electron chi connectivity index (χ2n) is 6.99. The number of rotatable bonds is 2. The largest absolute Gasteiger partial charge is 0.385 e. The molecular weight excluding hydrogens is 342 g/mol. The maximum atomic E-state index is 12.8. The van der Waals surface area contributed by atoms with Crippen LogP contribution in [-0.4, -0.2) is 53.0 Å². The maximum Gasteiger partial charge on any atom is 0.314 e. The van der Waals surface area contributed by atoms with Crippen molar-refractivity contribution >= 4 is 23.5 Å². The second kappa shape index (κ2) is 7.22. The van der Waals surface area contributed by atoms with Crippen molar-refractivity contribution in [2.24, 2.45) is 11.7 Å². The van der Waals surface area contributed by atoms with E-state index in [0.29, 0.717) is 44.0 Å². The van der Waals surface area contributed by atoms with Gasteiger partial charge in [-0.25, -0.2) is 4.79 Å². The van der Waals surface area contributed by atoms with Crippen LogP contribution in [0.1, 0.15) is 31.2 Å². The van der Waals surface area contributed by atoms with E-state index in [-0.39, 0.29) is 11.8 Å². The smallest absolute Gasteiger partial charge is 0.314 e. The maximum absolute atomic E-state index is 12.8. The molecule has 0 radical (unpaired) electrons. The number of likely N-dealkylation sites (tertiary alicyclic amines) is 2. The zero-order chi connectivity index (χ0) is 18.0. The molecule has 1 aromatic rings. The van der Waals surface area contributed by atoms with Crippen molar-refractivity contribution < 1.29 is 14.7 Å². The molecule has 0 aliphatic carbocycles. The lowest BCUT2D eigenvalue weighted by Crippen LogP contribution is -2.51. The number of carbonyl (C=O) groups excluding carboxylic acids is 2. The molecule has 3 amide bonds. The normalized spacial score (nSPS) is 23.4. The number of urea groups is 1. The molecule has 1 atom stereocenters. The van der Waals surface area contributed by atoms with E-state index >= 15 is 0 Å². The number of benzene rings is 1. The van der Waals surface area contributed by atoms with Crippen molar-refractivity contribution in [3.05, 3.63) is 34.9 Å². The summed E-state index contributed by atoms with van der Waals surface area (Å²) >= 11 is 5.91. The van der Waals surface area contributed by atoms with Gasteiger partial charge in [-0.05, 0) is 43.4 Å². The number of carbonyl (C=O) groups is 2. The molecule has 1 aromatic carbocycles. The van der Waals surface area contributed by atoms with Gasteiger partial charge < -0.3 is 20.6 Å². The molecule has 2 saturated heterocycles. The summed E-state index contributed by atoms with van der Waals surface area (Å²) in [5.41, 5.74) is 5.25. The Hall–Kier alpha value is -1.79. The summed E-state index contributed by atoms with van der Waals surface area (Å²) in [5, 5.41) is 11.5. The predicted octanol–water partition coefficient (Wildman–Crippen LogP) is 1.94. The van der Waals surface area contributed by atoms with E-state index in [1.165, 1.54) is 0 Å². The molecule has 2 aliphatic rings. The van der Waals surface area contributed by atoms with E-state index < -0.39 is 11.6 Å². The first-order valence-electron chi connectivity index (χ1n) is 8.71. The fraction of sp³-hybridized carbons (Fsp3) is 0.556. The minimum Gasteiger partial charge on any atom is -0.385 e. The first-order chi connectivity index (χ1) is 11.9. The van der Waals surface area contributed by atoms with Gasteiger partial charge in [-0.2, -0.15) is 0 Å². The number of nitrogens with zero attached hydrogens (tertiary/aromatic N) is 2. The number of nitrogens with two attached hydrogens (primary N) is 1. The Balaban J connectivity index is 1.60. The zero-order valence-electron chi connectivity index (χ0n) is 14.2. The molecule has 6 nitrogen and oxygen atoms in total. The van der Waals surface area contributed by atoms with Crippen LogP contribution in [0, 0.1) is 5.92 Å². The number of halogens is 1. The van der Waals surface area contributed by atoms with Crippen molar-refractivity contribution in [1.82, 2.24) is 9.80 Å². The van der Waals surface area contributed by atoms with Crippen LogP contribution < -0.4 is 5.73 Å². The van der Waals surface area contributed by atoms with E-state index in [1.54, 1.807) is 21.9 Å². The minimum absolute atomic E-state index is 0.0594. The van der Waals surface area contributed by atoms with Gasteiger partial charge in [-0.15, -0.1) is 0 Å². The third kappa shape index (κ3) is 3.90. The van der Waals surface area contributed by atoms with Gasteiger partial charge in [-0.3, -0.25) is 4.79 Å². The van der Waals surface area contributed by atoms with Crippen LogP contribution in [-0.2, 0) is 10.4 Å². The Bertz CT molecular complexity index is 641. The number of aliphatic hydroxyl groups is 1. The van der Waals surface area contributed by atoms with Gasteiger partial charge in [0.05, 0.1) is 11.5 Å². The summed E-state index contributed by atoms with van der Waals surface area (Å²) in [4.78, 5) is 27.5. The van der Waals surface area contributed by atoms with E-state index in [2.05, 4.69) is 0 Å². The SMILES string of the molecule is NC(=O)N1CCC[C@H](C(=O)N2CCC(O)(c3ccc(Cl)cc3)CC2)C1. The van der Waals surface area contributed by atoms with Gasteiger partial charge in [0, 0.05) is 31.2 Å². The molecule has 2 fully saturated rings. The molecule has 7 heteroatoms. The van der Waals surface area contributed by atoms with Crippen LogP contribution >= 0.6 is 11.6 Å². The molecule has 3 N–H and O–H groups in total. The first kappa shape index (κ1) is 18.0. The van der Waals surface area contributed by atoms with E-state index in [1.807, 2.05) is 12.1 Å². The Morgan fingerprint density at radius 3 is 2.36 bits per heavy atom. The van der Waals surface area contributed by atoms with Gasteiger partial charge in [-0.1, -0.05) is 23.7 Å². The van der Waals surface area contributed by atoms with Gasteiger partial charge in [0.25, 0.3) is 0 Å². The first-order valence-corrected chi connectivity index (χ1v) is 9.08. The second-order valence-corrected chi connectivity index (χ2v) is 7.42. The third-order valence-corrected chi connectivity index (χ3v) is 5.62. The van der Waals surface area contributed by atoms with Gasteiger partial charge in [0.15, 0.2) is 0 Å². The summed E-state index contributed by atoms with van der Waals surface area (Å²) in [6.45, 7) is 2.03. The van der Waals surface area contributed by atoms with Gasteiger partial charge >= 0.3 is 6.03 Å². The molecule has 0 unspecified atom stereocenters. The molecular formula is C18H24ClN3O3. The van der Waals surface area contributed by atoms with Crippen molar-refractivity contribution in [3.8, 4) is 0 Å². The van der Waals surface area contributed by atoms with Crippen molar-refractivity contribution in [2.45, 2.75) is 31.3 Å². The molecule has 0 spiro atoms. The van der Waals surface area contributed by atoms with Crippen molar-refractivity contribution in [2.75, 3.05) is 26.2 Å². The average molecular weight is 366 g/mol. The van der Waals surface area contributed by atoms with E-state index in [4.69, 9.17) is 17.3 Å². The molecule has 3 rings (SSSR count). The molecule has 136 valence electrons. The highest BCUT2D eigenvalue weighted by Gasteiger charge is 2.38. The average Bonchev–Trinajstić information content (AvgIpc) is 2.62. The summed E-state index contributed by atoms with van der Waals surface area (Å²) in [7, 11) is 0. The van der Waals surface area contributed by atoms with Gasteiger partial charge in [0.1, 0.15) is 0 Å². The summed E-state index contributed by atoms with van der Waals surface area (Å²) in [6, 6.07) is 6.75. The monoisotopic (exact) mass is 365 g/mol. The van der Waals surface area contributed by atoms with Crippen molar-refractivity contribution in [1.29, 1.82) is 0 Å². The lowest BCUT2D eigenvalue weighted by molar-refractivity contribution is -0.141. The number of hydrogen-bond acceptors (Lipinski definition) is 3. The Morgan fingerprint density at radius 1 is 1.12 bits per heavy atom. The standard InChI is InChI=1S/C18H24ClN3O3/c19-15-5-3-14(4-6-15)18(25)7-10-21(11-8-18)16(23)13-2-1-9-22(12-13)17(20)24/h3-6,13,25H,1-2,7-12H2,(H2,20,24)/t13-/m0/s1. The summed E-state index contributed by atoms with van der Waals surface area (Å²) < 4.78 is 0. The Morgan fingerprint density at radius 2 is 1.76 bits per heavy atom. The number of piperidine rings is 2. The van der Waals surface area contributed by atoms with Gasteiger partial charge in [0.2, 0.25) is 5.91 Å². The number of primary amides is 1. The highest BCUT2D eigenvalue weighted by molar-refractivity contribution is 6.30. The van der Waals surface area contributed by atoms with Crippen LogP contribution in [0.4, 0.5) is 4.79 Å². The summed E-state index contributed by atoms with van der Waals surface area (Å²) in [5.74, 6) is -0.132. The number of hydrogen-bond donors (Lipinski definition) is 2. The fourth-order valence-corrected chi connectivity index (χ4v) is 3.91. The molecule has 0 saturated carbocycles. The highest BCUT2D eigenvalue weighted by atomic mass is 35.5. The molecule has 2 heterocycles. The number of amides is 3. The lowest BCUT2D eigenvalue weighted by Gasteiger charge is -2.41. The van der Waals surface area contributed by atoms with Crippen LogP contribution in [0.15, 0.2) is 24.3 Å². The van der Waals surface area contributed by atoms with Crippen LogP contribution in [0.2, 0.25) is 5.02 Å². The molecule has 0 bridgehead atoms.